The Balaban J connectivity index is 2.22. The number of nitrogens with zero attached hydrogens (tertiary/aromatic N) is 2. The highest BCUT2D eigenvalue weighted by Crippen LogP contribution is 2.27. The number of hydrogen-bond acceptors (Lipinski definition) is 4. The van der Waals surface area contributed by atoms with E-state index in [-0.39, 0.29) is 0 Å². The molecule has 0 saturated heterocycles. The molecular formula is C13H16BrN3S. The van der Waals surface area contributed by atoms with Gasteiger partial charge in [0.25, 0.3) is 0 Å². The fourth-order valence-electron chi connectivity index (χ4n) is 2.00. The standard InChI is InChI=1S/C13H16BrN3S/c1-8-13(18-9(2)17-8)12(15-3)5-10-4-11(14)7-16-6-10/h4,6-7,12,15H,5H2,1-3H3. The summed E-state index contributed by atoms with van der Waals surface area (Å²) in [5.41, 5.74) is 2.34. The molecule has 3 nitrogen and oxygen atoms in total. The summed E-state index contributed by atoms with van der Waals surface area (Å²) in [4.78, 5) is 10.0. The van der Waals surface area contributed by atoms with Crippen LogP contribution in [0.25, 0.3) is 0 Å². The van der Waals surface area contributed by atoms with Gasteiger partial charge in [-0.25, -0.2) is 4.98 Å². The highest BCUT2D eigenvalue weighted by molar-refractivity contribution is 9.10. The summed E-state index contributed by atoms with van der Waals surface area (Å²) >= 11 is 5.22. The van der Waals surface area contributed by atoms with E-state index in [4.69, 9.17) is 0 Å². The van der Waals surface area contributed by atoms with E-state index >= 15 is 0 Å². The molecule has 0 aliphatic carbocycles. The zero-order valence-corrected chi connectivity index (χ0v) is 13.1. The second-order valence-electron chi connectivity index (χ2n) is 4.24. The molecule has 0 amide bonds. The number of halogens is 1. The first kappa shape index (κ1) is 13.6. The Hall–Kier alpha value is -0.780. The van der Waals surface area contributed by atoms with Crippen LogP contribution < -0.4 is 5.32 Å². The van der Waals surface area contributed by atoms with Crippen molar-refractivity contribution in [1.29, 1.82) is 0 Å². The normalized spacial score (nSPS) is 12.7. The summed E-state index contributed by atoms with van der Waals surface area (Å²) < 4.78 is 1.02. The number of aryl methyl sites for hydroxylation is 2. The molecule has 2 aromatic heterocycles. The van der Waals surface area contributed by atoms with E-state index in [0.29, 0.717) is 6.04 Å². The topological polar surface area (TPSA) is 37.8 Å². The first-order chi connectivity index (χ1) is 8.60. The summed E-state index contributed by atoms with van der Waals surface area (Å²) in [6.07, 6.45) is 4.64. The van der Waals surface area contributed by atoms with E-state index in [1.165, 1.54) is 10.4 Å². The van der Waals surface area contributed by atoms with E-state index in [2.05, 4.69) is 51.1 Å². The zero-order chi connectivity index (χ0) is 13.1. The third-order valence-electron chi connectivity index (χ3n) is 2.81. The number of hydrogen-bond donors (Lipinski definition) is 1. The highest BCUT2D eigenvalue weighted by atomic mass is 79.9. The molecule has 2 heterocycles. The summed E-state index contributed by atoms with van der Waals surface area (Å²) in [5, 5.41) is 4.49. The van der Waals surface area contributed by atoms with E-state index in [1.54, 1.807) is 17.5 Å². The molecule has 0 bridgehead atoms. The second kappa shape index (κ2) is 5.91. The van der Waals surface area contributed by atoms with Crippen LogP contribution in [0.5, 0.6) is 0 Å². The van der Waals surface area contributed by atoms with Crippen molar-refractivity contribution in [2.45, 2.75) is 26.3 Å². The molecule has 0 fully saturated rings. The van der Waals surface area contributed by atoms with Gasteiger partial charge in [-0.15, -0.1) is 11.3 Å². The Labute approximate surface area is 120 Å². The van der Waals surface area contributed by atoms with Gasteiger partial charge in [-0.1, -0.05) is 0 Å². The third kappa shape index (κ3) is 3.16. The summed E-state index contributed by atoms with van der Waals surface area (Å²) in [6.45, 7) is 4.12. The van der Waals surface area contributed by atoms with Gasteiger partial charge in [-0.3, -0.25) is 4.98 Å². The molecule has 18 heavy (non-hydrogen) atoms. The lowest BCUT2D eigenvalue weighted by Gasteiger charge is -2.15. The maximum Gasteiger partial charge on any atom is 0.0900 e. The van der Waals surface area contributed by atoms with Crippen molar-refractivity contribution in [3.63, 3.8) is 0 Å². The molecule has 0 aliphatic heterocycles. The molecule has 1 N–H and O–H groups in total. The van der Waals surface area contributed by atoms with Crippen molar-refractivity contribution in [3.05, 3.63) is 44.1 Å². The van der Waals surface area contributed by atoms with Gasteiger partial charge in [0.05, 0.1) is 10.7 Å². The van der Waals surface area contributed by atoms with Crippen molar-refractivity contribution in [2.24, 2.45) is 0 Å². The smallest absolute Gasteiger partial charge is 0.0900 e. The largest absolute Gasteiger partial charge is 0.312 e. The van der Waals surface area contributed by atoms with Crippen LogP contribution in [0, 0.1) is 13.8 Å². The Bertz CT molecular complexity index is 539. The minimum absolute atomic E-state index is 0.298. The van der Waals surface area contributed by atoms with Gasteiger partial charge in [0.2, 0.25) is 0 Å². The van der Waals surface area contributed by atoms with Gasteiger partial charge in [-0.2, -0.15) is 0 Å². The molecule has 2 rings (SSSR count). The third-order valence-corrected chi connectivity index (χ3v) is 4.43. The average molecular weight is 326 g/mol. The first-order valence-electron chi connectivity index (χ1n) is 5.80. The Morgan fingerprint density at radius 2 is 2.17 bits per heavy atom. The first-order valence-corrected chi connectivity index (χ1v) is 7.41. The molecule has 1 atom stereocenters. The van der Waals surface area contributed by atoms with Crippen LogP contribution in [-0.2, 0) is 6.42 Å². The molecule has 0 aliphatic rings. The van der Waals surface area contributed by atoms with Crippen molar-refractivity contribution in [1.82, 2.24) is 15.3 Å². The summed E-state index contributed by atoms with van der Waals surface area (Å²) in [6, 6.07) is 2.41. The van der Waals surface area contributed by atoms with Crippen LogP contribution >= 0.6 is 27.3 Å². The molecule has 2 aromatic rings. The quantitative estimate of drug-likeness (QED) is 0.935. The summed E-state index contributed by atoms with van der Waals surface area (Å²) in [5.74, 6) is 0. The number of thiazole rings is 1. The van der Waals surface area contributed by atoms with E-state index in [9.17, 15) is 0 Å². The predicted molar refractivity (Wildman–Crippen MR) is 79.0 cm³/mol. The van der Waals surface area contributed by atoms with Gasteiger partial charge in [0.15, 0.2) is 0 Å². The number of likely N-dealkylation sites (N-methyl/N-ethyl adjacent to an activating group) is 1. The van der Waals surface area contributed by atoms with E-state index in [1.807, 2.05) is 13.2 Å². The van der Waals surface area contributed by atoms with Gasteiger partial charge in [0, 0.05) is 27.8 Å². The van der Waals surface area contributed by atoms with Crippen LogP contribution in [0.3, 0.4) is 0 Å². The molecule has 1 unspecified atom stereocenters. The number of aromatic nitrogens is 2. The lowest BCUT2D eigenvalue weighted by molar-refractivity contribution is 0.596. The van der Waals surface area contributed by atoms with Crippen molar-refractivity contribution >= 4 is 27.3 Å². The minimum atomic E-state index is 0.298. The van der Waals surface area contributed by atoms with Crippen LogP contribution in [-0.4, -0.2) is 17.0 Å². The Morgan fingerprint density at radius 1 is 1.39 bits per heavy atom. The van der Waals surface area contributed by atoms with Gasteiger partial charge < -0.3 is 5.32 Å². The lowest BCUT2D eigenvalue weighted by atomic mass is 10.1. The van der Waals surface area contributed by atoms with E-state index < -0.39 is 0 Å². The zero-order valence-electron chi connectivity index (χ0n) is 10.7. The SMILES string of the molecule is CNC(Cc1cncc(Br)c1)c1sc(C)nc1C. The van der Waals surface area contributed by atoms with Crippen LogP contribution in [0.4, 0.5) is 0 Å². The number of nitrogens with one attached hydrogen (secondary N) is 1. The molecule has 0 radical (unpaired) electrons. The maximum atomic E-state index is 4.49. The Morgan fingerprint density at radius 3 is 2.72 bits per heavy atom. The second-order valence-corrected chi connectivity index (χ2v) is 6.39. The summed E-state index contributed by atoms with van der Waals surface area (Å²) in [7, 11) is 1.99. The van der Waals surface area contributed by atoms with Gasteiger partial charge in [0.1, 0.15) is 0 Å². The van der Waals surface area contributed by atoms with Crippen molar-refractivity contribution < 1.29 is 0 Å². The molecule has 0 spiro atoms. The van der Waals surface area contributed by atoms with Crippen LogP contribution in [0.15, 0.2) is 22.9 Å². The predicted octanol–water partition coefficient (Wildman–Crippen LogP) is 3.42. The van der Waals surface area contributed by atoms with Crippen LogP contribution in [0.2, 0.25) is 0 Å². The van der Waals surface area contributed by atoms with Gasteiger partial charge >= 0.3 is 0 Å². The van der Waals surface area contributed by atoms with Crippen LogP contribution in [0.1, 0.15) is 27.2 Å². The lowest BCUT2D eigenvalue weighted by Crippen LogP contribution is -2.18. The van der Waals surface area contributed by atoms with Gasteiger partial charge in [-0.05, 0) is 54.9 Å². The number of pyridine rings is 1. The van der Waals surface area contributed by atoms with Crippen molar-refractivity contribution in [2.75, 3.05) is 7.05 Å². The molecule has 5 heteroatoms. The monoisotopic (exact) mass is 325 g/mol. The van der Waals surface area contributed by atoms with E-state index in [0.717, 1.165) is 21.6 Å². The average Bonchev–Trinajstić information content (AvgIpc) is 2.65. The molecule has 0 aromatic carbocycles. The fraction of sp³-hybridized carbons (Fsp3) is 0.385. The highest BCUT2D eigenvalue weighted by Gasteiger charge is 2.16. The molecule has 0 saturated carbocycles. The molecular weight excluding hydrogens is 310 g/mol. The van der Waals surface area contributed by atoms with Crippen molar-refractivity contribution in [3.8, 4) is 0 Å². The fourth-order valence-corrected chi connectivity index (χ4v) is 3.45. The molecule has 96 valence electrons. The number of rotatable bonds is 4. The maximum absolute atomic E-state index is 4.49. The Kier molecular flexibility index (Phi) is 4.48. The minimum Gasteiger partial charge on any atom is -0.312 e.